The fraction of sp³-hybridized carbons (Fsp3) is 0.286. The number of rotatable bonds is 6. The van der Waals surface area contributed by atoms with Crippen molar-refractivity contribution in [3.05, 3.63) is 47.9 Å². The second-order valence-electron chi connectivity index (χ2n) is 4.52. The fourth-order valence-corrected chi connectivity index (χ4v) is 2.90. The summed E-state index contributed by atoms with van der Waals surface area (Å²) in [5.41, 5.74) is 2.18. The van der Waals surface area contributed by atoms with E-state index in [9.17, 15) is 8.42 Å². The molecule has 7 heteroatoms. The predicted molar refractivity (Wildman–Crippen MR) is 81.4 cm³/mol. The van der Waals surface area contributed by atoms with Gasteiger partial charge in [0, 0.05) is 31.2 Å². The van der Waals surface area contributed by atoms with Crippen molar-refractivity contribution in [1.29, 1.82) is 0 Å². The van der Waals surface area contributed by atoms with E-state index in [-0.39, 0.29) is 11.6 Å². The van der Waals surface area contributed by atoms with E-state index in [1.807, 2.05) is 26.0 Å². The molecule has 0 saturated heterocycles. The van der Waals surface area contributed by atoms with Crippen LogP contribution in [-0.2, 0) is 16.6 Å². The van der Waals surface area contributed by atoms with Gasteiger partial charge in [-0.15, -0.1) is 0 Å². The number of nitrogens with zero attached hydrogens (tertiary/aromatic N) is 2. The van der Waals surface area contributed by atoms with Crippen LogP contribution in [0.2, 0.25) is 0 Å². The van der Waals surface area contributed by atoms with Gasteiger partial charge in [0.05, 0.1) is 5.69 Å². The Bertz CT molecular complexity index is 699. The zero-order chi connectivity index (χ0) is 15.3. The van der Waals surface area contributed by atoms with Crippen molar-refractivity contribution in [2.45, 2.75) is 25.4 Å². The minimum atomic E-state index is -3.67. The largest absolute Gasteiger partial charge is 0.383 e. The Labute approximate surface area is 124 Å². The Morgan fingerprint density at radius 3 is 2.67 bits per heavy atom. The van der Waals surface area contributed by atoms with Crippen LogP contribution < -0.4 is 10.0 Å². The molecule has 0 aliphatic heterocycles. The molecule has 0 aliphatic carbocycles. The highest BCUT2D eigenvalue weighted by Gasteiger charge is 2.19. The molecule has 2 N–H and O–H groups in total. The zero-order valence-corrected chi connectivity index (χ0v) is 12.8. The molecule has 0 fully saturated rings. The van der Waals surface area contributed by atoms with E-state index in [4.69, 9.17) is 0 Å². The summed E-state index contributed by atoms with van der Waals surface area (Å²) in [5, 5.41) is 3.00. The van der Waals surface area contributed by atoms with E-state index in [1.165, 1.54) is 6.20 Å². The number of anilines is 1. The molecule has 2 rings (SSSR count). The van der Waals surface area contributed by atoms with Gasteiger partial charge in [-0.1, -0.05) is 6.07 Å². The SMILES string of the molecule is CCNc1cccnc1S(=O)(=O)NCc1ccc(C)nc1. The van der Waals surface area contributed by atoms with Crippen molar-refractivity contribution in [2.75, 3.05) is 11.9 Å². The first-order valence-corrected chi connectivity index (χ1v) is 8.11. The zero-order valence-electron chi connectivity index (χ0n) is 12.0. The van der Waals surface area contributed by atoms with Gasteiger partial charge in [0.1, 0.15) is 0 Å². The lowest BCUT2D eigenvalue weighted by molar-refractivity contribution is 0.577. The van der Waals surface area contributed by atoms with Crippen LogP contribution in [0.1, 0.15) is 18.2 Å². The van der Waals surface area contributed by atoms with Crippen LogP contribution >= 0.6 is 0 Å². The number of sulfonamides is 1. The fourth-order valence-electron chi connectivity index (χ4n) is 1.78. The number of hydrogen-bond acceptors (Lipinski definition) is 5. The second kappa shape index (κ2) is 6.64. The van der Waals surface area contributed by atoms with E-state index in [1.54, 1.807) is 18.3 Å². The monoisotopic (exact) mass is 306 g/mol. The number of pyridine rings is 2. The van der Waals surface area contributed by atoms with Gasteiger partial charge in [0.2, 0.25) is 0 Å². The number of aromatic nitrogens is 2. The summed E-state index contributed by atoms with van der Waals surface area (Å²) in [5.74, 6) is 0. The van der Waals surface area contributed by atoms with Gasteiger partial charge in [-0.25, -0.2) is 18.1 Å². The third-order valence-electron chi connectivity index (χ3n) is 2.83. The average Bonchev–Trinajstić information content (AvgIpc) is 2.47. The Morgan fingerprint density at radius 1 is 1.19 bits per heavy atom. The number of nitrogens with one attached hydrogen (secondary N) is 2. The molecule has 0 amide bonds. The maximum Gasteiger partial charge on any atom is 0.260 e. The van der Waals surface area contributed by atoms with Crippen molar-refractivity contribution in [3.8, 4) is 0 Å². The minimum absolute atomic E-state index is 0.00641. The van der Waals surface area contributed by atoms with E-state index in [2.05, 4.69) is 20.0 Å². The van der Waals surface area contributed by atoms with Crippen LogP contribution in [0.3, 0.4) is 0 Å². The maximum absolute atomic E-state index is 12.3. The molecule has 0 spiro atoms. The van der Waals surface area contributed by atoms with Gasteiger partial charge in [0.15, 0.2) is 5.03 Å². The van der Waals surface area contributed by atoms with Crippen LogP contribution in [-0.4, -0.2) is 24.9 Å². The predicted octanol–water partition coefficient (Wildman–Crippen LogP) is 1.70. The van der Waals surface area contributed by atoms with Crippen LogP contribution in [0, 0.1) is 6.92 Å². The van der Waals surface area contributed by atoms with E-state index in [0.29, 0.717) is 12.2 Å². The number of aryl methyl sites for hydroxylation is 1. The summed E-state index contributed by atoms with van der Waals surface area (Å²) in [6, 6.07) is 7.07. The molecule has 6 nitrogen and oxygen atoms in total. The first-order chi connectivity index (χ1) is 10.0. The van der Waals surface area contributed by atoms with Crippen LogP contribution in [0.15, 0.2) is 41.7 Å². The Kier molecular flexibility index (Phi) is 4.87. The van der Waals surface area contributed by atoms with Gasteiger partial charge < -0.3 is 5.32 Å². The molecule has 0 saturated carbocycles. The Morgan fingerprint density at radius 2 is 2.00 bits per heavy atom. The van der Waals surface area contributed by atoms with Crippen LogP contribution in [0.5, 0.6) is 0 Å². The lowest BCUT2D eigenvalue weighted by Gasteiger charge is -2.11. The summed E-state index contributed by atoms with van der Waals surface area (Å²) in [7, 11) is -3.67. The highest BCUT2D eigenvalue weighted by molar-refractivity contribution is 7.89. The van der Waals surface area contributed by atoms with Gasteiger partial charge in [0.25, 0.3) is 10.0 Å². The van der Waals surface area contributed by atoms with Crippen LogP contribution in [0.4, 0.5) is 5.69 Å². The first kappa shape index (κ1) is 15.4. The minimum Gasteiger partial charge on any atom is -0.383 e. The van der Waals surface area contributed by atoms with Crippen LogP contribution in [0.25, 0.3) is 0 Å². The molecule has 0 bridgehead atoms. The lowest BCUT2D eigenvalue weighted by atomic mass is 10.2. The smallest absolute Gasteiger partial charge is 0.260 e. The summed E-state index contributed by atoms with van der Waals surface area (Å²) in [6.45, 7) is 4.58. The molecule has 0 atom stereocenters. The summed E-state index contributed by atoms with van der Waals surface area (Å²) in [4.78, 5) is 8.10. The highest BCUT2D eigenvalue weighted by atomic mass is 32.2. The first-order valence-electron chi connectivity index (χ1n) is 6.63. The number of hydrogen-bond donors (Lipinski definition) is 2. The molecule has 0 unspecified atom stereocenters. The molecule has 2 aromatic rings. The van der Waals surface area contributed by atoms with Crippen molar-refractivity contribution in [2.24, 2.45) is 0 Å². The summed E-state index contributed by atoms with van der Waals surface area (Å²) >= 11 is 0. The molecule has 112 valence electrons. The van der Waals surface area contributed by atoms with Gasteiger partial charge in [-0.2, -0.15) is 0 Å². The summed E-state index contributed by atoms with van der Waals surface area (Å²) < 4.78 is 27.2. The third kappa shape index (κ3) is 3.99. The standard InChI is InChI=1S/C14H18N4O2S/c1-3-15-13-5-4-8-16-14(13)21(19,20)18-10-12-7-6-11(2)17-9-12/h4-9,15,18H,3,10H2,1-2H3. The van der Waals surface area contributed by atoms with Crippen molar-refractivity contribution < 1.29 is 8.42 Å². The quantitative estimate of drug-likeness (QED) is 0.848. The normalized spacial score (nSPS) is 11.3. The maximum atomic E-state index is 12.3. The van der Waals surface area contributed by atoms with Gasteiger partial charge in [-0.3, -0.25) is 4.98 Å². The van der Waals surface area contributed by atoms with Crippen molar-refractivity contribution >= 4 is 15.7 Å². The molecule has 0 radical (unpaired) electrons. The van der Waals surface area contributed by atoms with Gasteiger partial charge in [-0.05, 0) is 37.6 Å². The average molecular weight is 306 g/mol. The lowest BCUT2D eigenvalue weighted by Crippen LogP contribution is -2.25. The summed E-state index contributed by atoms with van der Waals surface area (Å²) in [6.07, 6.45) is 3.12. The van der Waals surface area contributed by atoms with Crippen molar-refractivity contribution in [1.82, 2.24) is 14.7 Å². The van der Waals surface area contributed by atoms with E-state index >= 15 is 0 Å². The third-order valence-corrected chi connectivity index (χ3v) is 4.19. The Hall–Kier alpha value is -1.99. The Balaban J connectivity index is 2.17. The molecule has 0 aliphatic rings. The molecule has 21 heavy (non-hydrogen) atoms. The molecule has 0 aromatic carbocycles. The van der Waals surface area contributed by atoms with Crippen molar-refractivity contribution in [3.63, 3.8) is 0 Å². The van der Waals surface area contributed by atoms with E-state index in [0.717, 1.165) is 11.3 Å². The van der Waals surface area contributed by atoms with Gasteiger partial charge >= 0.3 is 0 Å². The molecular formula is C14H18N4O2S. The molecular weight excluding hydrogens is 288 g/mol. The highest BCUT2D eigenvalue weighted by Crippen LogP contribution is 2.17. The van der Waals surface area contributed by atoms with E-state index < -0.39 is 10.0 Å². The topological polar surface area (TPSA) is 84.0 Å². The molecule has 2 aromatic heterocycles. The second-order valence-corrected chi connectivity index (χ2v) is 6.20. The molecule has 2 heterocycles.